The zero-order chi connectivity index (χ0) is 66.8. The van der Waals surface area contributed by atoms with E-state index in [2.05, 4.69) is 55.4 Å². The van der Waals surface area contributed by atoms with Crippen LogP contribution < -0.4 is 0 Å². The summed E-state index contributed by atoms with van der Waals surface area (Å²) in [6.45, 7) is 14.1. The lowest BCUT2D eigenvalue weighted by atomic mass is 9.99. The summed E-state index contributed by atoms with van der Waals surface area (Å²) >= 11 is 0. The molecule has 90 heavy (non-hydrogen) atoms. The highest BCUT2D eigenvalue weighted by molar-refractivity contribution is 7.47. The highest BCUT2D eigenvalue weighted by Gasteiger charge is 2.30. The van der Waals surface area contributed by atoms with Gasteiger partial charge in [-0.15, -0.1) is 0 Å². The fourth-order valence-corrected chi connectivity index (χ4v) is 12.2. The molecule has 0 radical (unpaired) electrons. The van der Waals surface area contributed by atoms with Crippen molar-refractivity contribution >= 4 is 39.5 Å². The van der Waals surface area contributed by atoms with Gasteiger partial charge in [-0.25, -0.2) is 9.13 Å². The minimum atomic E-state index is -4.95. The molecule has 0 bridgehead atoms. The number of hydrogen-bond donors (Lipinski definition) is 3. The normalized spacial score (nSPS) is 14.9. The molecule has 0 aromatic rings. The zero-order valence-electron chi connectivity index (χ0n) is 58.8. The maximum absolute atomic E-state index is 13.0. The number of phosphoric acid groups is 2. The highest BCUT2D eigenvalue weighted by Crippen LogP contribution is 2.45. The van der Waals surface area contributed by atoms with Gasteiger partial charge in [0, 0.05) is 25.7 Å². The second kappa shape index (κ2) is 60.7. The second-order valence-corrected chi connectivity index (χ2v) is 30.0. The molecule has 0 aromatic heterocycles. The van der Waals surface area contributed by atoms with Gasteiger partial charge in [0.25, 0.3) is 0 Å². The summed E-state index contributed by atoms with van der Waals surface area (Å²) in [6, 6.07) is 0. The third-order valence-corrected chi connectivity index (χ3v) is 18.9. The van der Waals surface area contributed by atoms with Crippen LogP contribution in [0, 0.1) is 23.7 Å². The van der Waals surface area contributed by atoms with Crippen molar-refractivity contribution in [2.24, 2.45) is 23.7 Å². The molecule has 3 N–H and O–H groups in total. The molecule has 0 aliphatic carbocycles. The number of carbonyl (C=O) groups is 4. The van der Waals surface area contributed by atoms with Gasteiger partial charge >= 0.3 is 39.5 Å². The molecule has 0 heterocycles. The molecular formula is C71H138O17P2. The number of esters is 4. The van der Waals surface area contributed by atoms with Crippen LogP contribution in [0.25, 0.3) is 0 Å². The van der Waals surface area contributed by atoms with Crippen LogP contribution in [-0.2, 0) is 65.4 Å². The van der Waals surface area contributed by atoms with Gasteiger partial charge in [-0.05, 0) is 49.4 Å². The molecule has 17 nitrogen and oxygen atoms in total. The first kappa shape index (κ1) is 88.1. The van der Waals surface area contributed by atoms with Crippen LogP contribution in [0.3, 0.4) is 0 Å². The molecule has 0 fully saturated rings. The summed E-state index contributed by atoms with van der Waals surface area (Å²) < 4.78 is 68.3. The molecule has 0 aliphatic heterocycles. The molecule has 0 aromatic carbocycles. The average molecular weight is 1330 g/mol. The maximum atomic E-state index is 13.0. The average Bonchev–Trinajstić information content (AvgIpc) is 2.65. The van der Waals surface area contributed by atoms with Crippen LogP contribution in [0.1, 0.15) is 351 Å². The Hall–Kier alpha value is -1.94. The smallest absolute Gasteiger partial charge is 0.462 e. The van der Waals surface area contributed by atoms with Gasteiger partial charge in [0.15, 0.2) is 12.2 Å². The molecule has 0 rings (SSSR count). The number of carbonyl (C=O) groups excluding carboxylic acids is 4. The quantitative estimate of drug-likeness (QED) is 0.0222. The van der Waals surface area contributed by atoms with Gasteiger partial charge in [-0.1, -0.05) is 299 Å². The minimum Gasteiger partial charge on any atom is -0.462 e. The Labute approximate surface area is 549 Å². The van der Waals surface area contributed by atoms with Crippen molar-refractivity contribution in [3.8, 4) is 0 Å². The first-order chi connectivity index (χ1) is 43.2. The van der Waals surface area contributed by atoms with Gasteiger partial charge in [0.05, 0.1) is 26.4 Å². The lowest BCUT2D eigenvalue weighted by Crippen LogP contribution is -2.30. The van der Waals surface area contributed by atoms with E-state index >= 15 is 0 Å². The first-order valence-electron chi connectivity index (χ1n) is 36.8. The predicted molar refractivity (Wildman–Crippen MR) is 363 cm³/mol. The molecule has 534 valence electrons. The van der Waals surface area contributed by atoms with E-state index in [-0.39, 0.29) is 25.7 Å². The summed E-state index contributed by atoms with van der Waals surface area (Å²) in [6.07, 6.45) is 43.1. The molecule has 0 aliphatic rings. The van der Waals surface area contributed by atoms with Crippen molar-refractivity contribution in [2.75, 3.05) is 39.6 Å². The predicted octanol–water partition coefficient (Wildman–Crippen LogP) is 20.1. The van der Waals surface area contributed by atoms with Crippen LogP contribution in [0.15, 0.2) is 0 Å². The monoisotopic (exact) mass is 1320 g/mol. The van der Waals surface area contributed by atoms with E-state index < -0.39 is 97.5 Å². The van der Waals surface area contributed by atoms with Crippen molar-refractivity contribution in [1.29, 1.82) is 0 Å². The number of hydrogen-bond acceptors (Lipinski definition) is 15. The molecule has 0 amide bonds. The Morgan fingerprint density at radius 1 is 0.311 bits per heavy atom. The Morgan fingerprint density at radius 3 is 0.789 bits per heavy atom. The molecule has 7 atom stereocenters. The van der Waals surface area contributed by atoms with E-state index in [4.69, 9.17) is 37.0 Å². The minimum absolute atomic E-state index is 0.105. The Bertz CT molecular complexity index is 1790. The lowest BCUT2D eigenvalue weighted by molar-refractivity contribution is -0.161. The zero-order valence-corrected chi connectivity index (χ0v) is 60.6. The number of unbranched alkanes of at least 4 members (excludes halogenated alkanes) is 32. The van der Waals surface area contributed by atoms with Crippen molar-refractivity contribution < 1.29 is 80.2 Å². The first-order valence-corrected chi connectivity index (χ1v) is 39.8. The Morgan fingerprint density at radius 2 is 0.533 bits per heavy atom. The summed E-state index contributed by atoms with van der Waals surface area (Å²) in [5.74, 6) is 0.896. The lowest BCUT2D eigenvalue weighted by Gasteiger charge is -2.21. The summed E-state index contributed by atoms with van der Waals surface area (Å²) in [5, 5.41) is 10.6. The SMILES string of the molecule is CCC(C)CCCCCCCCCCCCC(=O)O[C@H](COC(=O)CCCCCCCCCC(C)C)COP(=O)(O)OCC(O)COP(=O)(O)OC[C@@H](COC(=O)CCCCCCCCC(C)CC)OC(=O)CCCCCCCCCCCCCCCC(C)C. The Balaban J connectivity index is 5.25. The number of phosphoric ester groups is 2. The van der Waals surface area contributed by atoms with Crippen molar-refractivity contribution in [1.82, 2.24) is 0 Å². The van der Waals surface area contributed by atoms with Gasteiger partial charge in [-0.2, -0.15) is 0 Å². The van der Waals surface area contributed by atoms with E-state index in [1.165, 1.54) is 141 Å². The van der Waals surface area contributed by atoms with E-state index in [1.807, 2.05) is 0 Å². The maximum Gasteiger partial charge on any atom is 0.472 e. The largest absolute Gasteiger partial charge is 0.472 e. The van der Waals surface area contributed by atoms with Gasteiger partial charge in [0.2, 0.25) is 0 Å². The summed E-state index contributed by atoms with van der Waals surface area (Å²) in [5.41, 5.74) is 0. The summed E-state index contributed by atoms with van der Waals surface area (Å²) in [7, 11) is -9.90. The second-order valence-electron chi connectivity index (χ2n) is 27.1. The van der Waals surface area contributed by atoms with Crippen molar-refractivity contribution in [2.45, 2.75) is 369 Å². The van der Waals surface area contributed by atoms with Crippen LogP contribution in [0.2, 0.25) is 0 Å². The molecule has 0 saturated heterocycles. The van der Waals surface area contributed by atoms with Gasteiger partial charge < -0.3 is 33.8 Å². The third kappa shape index (κ3) is 62.2. The van der Waals surface area contributed by atoms with Crippen LogP contribution in [0.5, 0.6) is 0 Å². The highest BCUT2D eigenvalue weighted by atomic mass is 31.2. The molecule has 0 saturated carbocycles. The Kier molecular flexibility index (Phi) is 59.4. The number of ether oxygens (including phenoxy) is 4. The number of rotatable bonds is 68. The third-order valence-electron chi connectivity index (χ3n) is 17.0. The van der Waals surface area contributed by atoms with Gasteiger partial charge in [-0.3, -0.25) is 37.3 Å². The molecule has 5 unspecified atom stereocenters. The van der Waals surface area contributed by atoms with Crippen molar-refractivity contribution in [3.63, 3.8) is 0 Å². The van der Waals surface area contributed by atoms with Gasteiger partial charge in [0.1, 0.15) is 19.3 Å². The molecule has 0 spiro atoms. The number of aliphatic hydroxyl groups excluding tert-OH is 1. The van der Waals surface area contributed by atoms with Crippen molar-refractivity contribution in [3.05, 3.63) is 0 Å². The topological polar surface area (TPSA) is 237 Å². The number of aliphatic hydroxyl groups is 1. The standard InChI is InChI=1S/C71H138O17P2/c1-9-63(7)49-41-33-25-19-16-17-21-27-38-46-54-71(76)87-66(57-81-68(73)51-43-35-28-22-24-32-40-48-62(5)6)59-85-89(77,78)83-55-65(72)56-84-90(79,80)86-60-67(58-82-69(74)52-44-36-30-29-34-42-50-64(8)10-2)88-70(75)53-45-37-26-20-15-13-11-12-14-18-23-31-39-47-61(3)4/h61-67,72H,9-60H2,1-8H3,(H,77,78)(H,79,80)/t63?,64?,65?,66-,67-/m1/s1. The van der Waals surface area contributed by atoms with Crippen LogP contribution in [0.4, 0.5) is 0 Å². The van der Waals surface area contributed by atoms with E-state index in [0.29, 0.717) is 31.6 Å². The van der Waals surface area contributed by atoms with E-state index in [1.54, 1.807) is 0 Å². The van der Waals surface area contributed by atoms with Crippen LogP contribution in [-0.4, -0.2) is 96.7 Å². The molecule has 19 heteroatoms. The fraction of sp³-hybridized carbons (Fsp3) is 0.944. The van der Waals surface area contributed by atoms with E-state index in [9.17, 15) is 43.2 Å². The fourth-order valence-electron chi connectivity index (χ4n) is 10.6. The van der Waals surface area contributed by atoms with Crippen LogP contribution >= 0.6 is 15.6 Å². The summed E-state index contributed by atoms with van der Waals surface area (Å²) in [4.78, 5) is 72.6. The molecular weight excluding hydrogens is 1190 g/mol. The van der Waals surface area contributed by atoms with E-state index in [0.717, 1.165) is 120 Å².